The van der Waals surface area contributed by atoms with Gasteiger partial charge in [-0.15, -0.1) is 0 Å². The summed E-state index contributed by atoms with van der Waals surface area (Å²) in [5.41, 5.74) is 5.95. The van der Waals surface area contributed by atoms with Crippen LogP contribution in [0.5, 0.6) is 0 Å². The molecule has 1 heterocycles. The second kappa shape index (κ2) is 9.58. The van der Waals surface area contributed by atoms with E-state index in [-0.39, 0.29) is 0 Å². The van der Waals surface area contributed by atoms with Crippen LogP contribution in [-0.4, -0.2) is 10.6 Å². The summed E-state index contributed by atoms with van der Waals surface area (Å²) >= 11 is 0. The molecule has 2 atom stereocenters. The first-order chi connectivity index (χ1) is 14.0. The van der Waals surface area contributed by atoms with Gasteiger partial charge in [-0.05, 0) is 43.2 Å². The molecule has 0 saturated heterocycles. The molecule has 29 heavy (non-hydrogen) atoms. The zero-order valence-electron chi connectivity index (χ0n) is 18.0. The van der Waals surface area contributed by atoms with Crippen LogP contribution in [0.25, 0.3) is 0 Å². The van der Waals surface area contributed by atoms with E-state index in [0.29, 0.717) is 12.0 Å². The van der Waals surface area contributed by atoms with Crippen molar-refractivity contribution in [3.63, 3.8) is 0 Å². The minimum absolute atomic E-state index is 0.489. The molecule has 0 amide bonds. The van der Waals surface area contributed by atoms with Gasteiger partial charge in [0.2, 0.25) is 0 Å². The summed E-state index contributed by atoms with van der Waals surface area (Å²) in [5, 5.41) is 9.51. The number of aryl methyl sites for hydroxylation is 1. The Morgan fingerprint density at radius 1 is 0.897 bits per heavy atom. The largest absolute Gasteiger partial charge is 0.342 e. The number of nitrogens with one attached hydrogen (secondary N) is 1. The van der Waals surface area contributed by atoms with Gasteiger partial charge in [-0.1, -0.05) is 56.3 Å². The van der Waals surface area contributed by atoms with Crippen molar-refractivity contribution < 1.29 is 4.90 Å². The summed E-state index contributed by atoms with van der Waals surface area (Å²) in [6.07, 6.45) is 2.18. The molecule has 0 fully saturated rings. The fourth-order valence-electron chi connectivity index (χ4n) is 3.85. The fourth-order valence-corrected chi connectivity index (χ4v) is 3.85. The van der Waals surface area contributed by atoms with Crippen molar-refractivity contribution in [3.05, 3.63) is 94.8 Å². The predicted molar refractivity (Wildman–Crippen MR) is 119 cm³/mol. The van der Waals surface area contributed by atoms with E-state index in [1.807, 2.05) is 18.2 Å². The van der Waals surface area contributed by atoms with Crippen molar-refractivity contribution in [2.45, 2.75) is 53.4 Å². The Labute approximate surface area is 175 Å². The van der Waals surface area contributed by atoms with E-state index in [0.717, 1.165) is 30.8 Å². The van der Waals surface area contributed by atoms with Crippen LogP contribution in [0.3, 0.4) is 0 Å². The molecule has 0 radical (unpaired) electrons. The zero-order chi connectivity index (χ0) is 20.8. The van der Waals surface area contributed by atoms with Crippen LogP contribution in [0.2, 0.25) is 0 Å². The molecule has 1 aromatic heterocycles. The molecule has 3 rings (SSSR count). The maximum absolute atomic E-state index is 9.51. The summed E-state index contributed by atoms with van der Waals surface area (Å²) in [6, 6.07) is 23.8. The monoisotopic (exact) mass is 386 g/mol. The second-order valence-electron chi connectivity index (χ2n) is 8.37. The van der Waals surface area contributed by atoms with Gasteiger partial charge in [0.25, 0.3) is 0 Å². The Bertz CT molecular complexity index is 977. The van der Waals surface area contributed by atoms with Crippen LogP contribution in [-0.2, 0) is 19.6 Å². The molecule has 0 spiro atoms. The van der Waals surface area contributed by atoms with Gasteiger partial charge in [0.1, 0.15) is 13.1 Å². The number of rotatable bonds is 8. The molecule has 3 heteroatoms. The topological polar surface area (TPSA) is 33.2 Å². The third-order valence-electron chi connectivity index (χ3n) is 6.13. The molecule has 0 aliphatic heterocycles. The molecule has 3 nitrogen and oxygen atoms in total. The Balaban J connectivity index is 1.85. The minimum atomic E-state index is 0.489. The molecule has 1 unspecified atom stereocenters. The standard InChI is InChI=1S/C26H31N3/c1-20(2)22(4)29(18-25-13-8-7-11-23(25)16-27)19-26-14-9-15-28(26)17-24-12-6-5-10-21(24)3/h5-15,20,22H,17-19H2,1-4H3/p+1/t22-/m1/s1. The number of aromatic nitrogens is 1. The molecular formula is C26H32N3+. The summed E-state index contributed by atoms with van der Waals surface area (Å²) < 4.78 is 2.37. The van der Waals surface area contributed by atoms with Crippen LogP contribution in [0.4, 0.5) is 0 Å². The zero-order valence-corrected chi connectivity index (χ0v) is 18.0. The highest BCUT2D eigenvalue weighted by molar-refractivity contribution is 5.36. The lowest BCUT2D eigenvalue weighted by Crippen LogP contribution is -3.13. The van der Waals surface area contributed by atoms with Crippen molar-refractivity contribution in [2.75, 3.05) is 0 Å². The lowest BCUT2D eigenvalue weighted by molar-refractivity contribution is -0.954. The molecule has 150 valence electrons. The average Bonchev–Trinajstić information content (AvgIpc) is 3.15. The van der Waals surface area contributed by atoms with Crippen molar-refractivity contribution in [1.82, 2.24) is 4.57 Å². The van der Waals surface area contributed by atoms with Gasteiger partial charge in [0.05, 0.1) is 23.4 Å². The van der Waals surface area contributed by atoms with Crippen LogP contribution in [0.1, 0.15) is 48.7 Å². The highest BCUT2D eigenvalue weighted by atomic mass is 15.2. The normalized spacial score (nSPS) is 13.2. The molecule has 2 aromatic carbocycles. The van der Waals surface area contributed by atoms with Crippen LogP contribution in [0.15, 0.2) is 66.9 Å². The molecule has 0 aliphatic carbocycles. The van der Waals surface area contributed by atoms with Crippen LogP contribution < -0.4 is 4.90 Å². The summed E-state index contributed by atoms with van der Waals surface area (Å²) in [4.78, 5) is 1.49. The van der Waals surface area contributed by atoms with E-state index in [1.54, 1.807) is 0 Å². The maximum Gasteiger partial charge on any atom is 0.118 e. The van der Waals surface area contributed by atoms with Crippen LogP contribution in [0, 0.1) is 24.2 Å². The van der Waals surface area contributed by atoms with Gasteiger partial charge in [0.15, 0.2) is 0 Å². The molecule has 3 aromatic rings. The highest BCUT2D eigenvalue weighted by Gasteiger charge is 2.24. The molecule has 0 aliphatic rings. The second-order valence-corrected chi connectivity index (χ2v) is 8.37. The molecule has 0 saturated carbocycles. The Morgan fingerprint density at radius 2 is 1.59 bits per heavy atom. The number of quaternary nitrogens is 1. The predicted octanol–water partition coefficient (Wildman–Crippen LogP) is 4.35. The third-order valence-corrected chi connectivity index (χ3v) is 6.13. The Hall–Kier alpha value is -2.83. The Kier molecular flexibility index (Phi) is 6.90. The summed E-state index contributed by atoms with van der Waals surface area (Å²) in [5.74, 6) is 0.569. The smallest absolute Gasteiger partial charge is 0.118 e. The number of nitriles is 1. The number of hydrogen-bond acceptors (Lipinski definition) is 1. The Morgan fingerprint density at radius 3 is 2.28 bits per heavy atom. The average molecular weight is 387 g/mol. The van der Waals surface area contributed by atoms with Crippen molar-refractivity contribution in [3.8, 4) is 6.07 Å². The van der Waals surface area contributed by atoms with Crippen LogP contribution >= 0.6 is 0 Å². The minimum Gasteiger partial charge on any atom is -0.342 e. The number of benzene rings is 2. The van der Waals surface area contributed by atoms with E-state index in [4.69, 9.17) is 0 Å². The molecule has 0 bridgehead atoms. The van der Waals surface area contributed by atoms with Gasteiger partial charge in [-0.25, -0.2) is 0 Å². The first kappa shape index (κ1) is 20.9. The van der Waals surface area contributed by atoms with Crippen molar-refractivity contribution in [1.29, 1.82) is 5.26 Å². The molecule has 1 N–H and O–H groups in total. The van der Waals surface area contributed by atoms with E-state index < -0.39 is 0 Å². The first-order valence-electron chi connectivity index (χ1n) is 10.5. The summed E-state index contributed by atoms with van der Waals surface area (Å²) in [6.45, 7) is 11.8. The van der Waals surface area contributed by atoms with Crippen molar-refractivity contribution >= 4 is 0 Å². The molecular weight excluding hydrogens is 354 g/mol. The van der Waals surface area contributed by atoms with Gasteiger partial charge >= 0.3 is 0 Å². The van der Waals surface area contributed by atoms with Gasteiger partial charge in [-0.2, -0.15) is 5.26 Å². The fraction of sp³-hybridized carbons (Fsp3) is 0.346. The highest BCUT2D eigenvalue weighted by Crippen LogP contribution is 2.13. The van der Waals surface area contributed by atoms with Gasteiger partial charge < -0.3 is 9.47 Å². The summed E-state index contributed by atoms with van der Waals surface area (Å²) in [7, 11) is 0. The maximum atomic E-state index is 9.51. The van der Waals surface area contributed by atoms with E-state index >= 15 is 0 Å². The first-order valence-corrected chi connectivity index (χ1v) is 10.5. The lowest BCUT2D eigenvalue weighted by atomic mass is 10.0. The van der Waals surface area contributed by atoms with Gasteiger partial charge in [-0.3, -0.25) is 0 Å². The quantitative estimate of drug-likeness (QED) is 0.614. The lowest BCUT2D eigenvalue weighted by Gasteiger charge is -2.29. The number of hydrogen-bond donors (Lipinski definition) is 1. The van der Waals surface area contributed by atoms with Crippen molar-refractivity contribution in [2.24, 2.45) is 5.92 Å². The SMILES string of the molecule is Cc1ccccc1Cn1cccc1C[NH+](Cc1ccccc1C#N)[C@H](C)C(C)C. The third kappa shape index (κ3) is 5.16. The van der Waals surface area contributed by atoms with E-state index in [9.17, 15) is 5.26 Å². The van der Waals surface area contributed by atoms with E-state index in [1.165, 1.54) is 21.7 Å². The van der Waals surface area contributed by atoms with Gasteiger partial charge in [0, 0.05) is 24.2 Å². The van der Waals surface area contributed by atoms with E-state index in [2.05, 4.69) is 87.0 Å². The number of nitrogens with zero attached hydrogens (tertiary/aromatic N) is 2.